The zero-order valence-electron chi connectivity index (χ0n) is 17.6. The minimum atomic E-state index is -0.759. The molecule has 0 bridgehead atoms. The number of hydrogen-bond acceptors (Lipinski definition) is 5. The number of amides is 1. The number of nitrogens with one attached hydrogen (secondary N) is 1. The number of esters is 1. The van der Waals surface area contributed by atoms with Crippen LogP contribution < -0.4 is 15.8 Å². The fourth-order valence-electron chi connectivity index (χ4n) is 3.35. The minimum Gasteiger partial charge on any atom is -0.494 e. The summed E-state index contributed by atoms with van der Waals surface area (Å²) in [4.78, 5) is 24.5. The van der Waals surface area contributed by atoms with E-state index < -0.39 is 6.04 Å². The summed E-state index contributed by atoms with van der Waals surface area (Å²) in [6.45, 7) is 2.80. The summed E-state index contributed by atoms with van der Waals surface area (Å²) in [5, 5.41) is 3.10. The molecule has 0 saturated heterocycles. The highest BCUT2D eigenvalue weighted by Crippen LogP contribution is 2.41. The van der Waals surface area contributed by atoms with E-state index in [1.165, 1.54) is 7.11 Å². The Morgan fingerprint density at radius 3 is 2.27 bits per heavy atom. The van der Waals surface area contributed by atoms with Crippen molar-refractivity contribution >= 4 is 11.9 Å². The van der Waals surface area contributed by atoms with Gasteiger partial charge < -0.3 is 20.5 Å². The van der Waals surface area contributed by atoms with E-state index in [0.29, 0.717) is 18.1 Å². The predicted octanol–water partition coefficient (Wildman–Crippen LogP) is 3.92. The molecule has 1 saturated carbocycles. The highest BCUT2D eigenvalue weighted by atomic mass is 16.5. The Morgan fingerprint density at radius 1 is 1.07 bits per heavy atom. The topological polar surface area (TPSA) is 90.6 Å². The summed E-state index contributed by atoms with van der Waals surface area (Å²) in [7, 11) is 1.36. The molecule has 0 heterocycles. The van der Waals surface area contributed by atoms with Gasteiger partial charge in [-0.1, -0.05) is 37.6 Å². The van der Waals surface area contributed by atoms with Crippen LogP contribution in [0.3, 0.4) is 0 Å². The number of ether oxygens (including phenoxy) is 2. The second-order valence-electron chi connectivity index (χ2n) is 7.69. The van der Waals surface area contributed by atoms with Gasteiger partial charge in [0.15, 0.2) is 0 Å². The molecule has 3 N–H and O–H groups in total. The fraction of sp³-hybridized carbons (Fsp3) is 0.417. The molecule has 1 aliphatic rings. The number of carbonyl (C=O) groups is 2. The molecule has 0 spiro atoms. The number of nitrogens with two attached hydrogens (primary N) is 1. The number of unbranched alkanes of at least 4 members (excludes halogenated alkanes) is 1. The molecule has 30 heavy (non-hydrogen) atoms. The Kier molecular flexibility index (Phi) is 7.46. The molecule has 6 heteroatoms. The van der Waals surface area contributed by atoms with E-state index in [9.17, 15) is 9.59 Å². The molecule has 160 valence electrons. The molecule has 1 aliphatic carbocycles. The Balaban J connectivity index is 1.64. The van der Waals surface area contributed by atoms with Crippen molar-refractivity contribution in [3.05, 3.63) is 65.2 Å². The molecule has 2 atom stereocenters. The van der Waals surface area contributed by atoms with E-state index in [1.54, 1.807) is 12.1 Å². The predicted molar refractivity (Wildman–Crippen MR) is 115 cm³/mol. The first kappa shape index (κ1) is 21.8. The molecule has 1 fully saturated rings. The second kappa shape index (κ2) is 10.3. The molecule has 1 amide bonds. The van der Waals surface area contributed by atoms with Crippen molar-refractivity contribution in [2.75, 3.05) is 13.7 Å². The SMILES string of the molecule is CCCCOc1ccc(C(N)C(=O)N[C@@H](c2ccc(C(=O)OC)cc2)C2CC2)cc1. The zero-order chi connectivity index (χ0) is 21.5. The number of carbonyl (C=O) groups excluding carboxylic acids is 2. The first-order chi connectivity index (χ1) is 14.5. The molecule has 3 rings (SSSR count). The highest BCUT2D eigenvalue weighted by molar-refractivity contribution is 5.89. The maximum Gasteiger partial charge on any atom is 0.337 e. The lowest BCUT2D eigenvalue weighted by atomic mass is 9.99. The average molecular weight is 411 g/mol. The highest BCUT2D eigenvalue weighted by Gasteiger charge is 2.34. The maximum absolute atomic E-state index is 12.8. The second-order valence-corrected chi connectivity index (χ2v) is 7.69. The van der Waals surface area contributed by atoms with E-state index in [1.807, 2.05) is 36.4 Å². The molecule has 6 nitrogen and oxygen atoms in total. The number of rotatable bonds is 10. The third-order valence-corrected chi connectivity index (χ3v) is 5.37. The van der Waals surface area contributed by atoms with Crippen LogP contribution in [0.1, 0.15) is 66.2 Å². The van der Waals surface area contributed by atoms with Gasteiger partial charge in [0.2, 0.25) is 5.91 Å². The molecule has 2 aromatic carbocycles. The largest absolute Gasteiger partial charge is 0.494 e. The van der Waals surface area contributed by atoms with Crippen LogP contribution in [-0.2, 0) is 9.53 Å². The summed E-state index contributed by atoms with van der Waals surface area (Å²) >= 11 is 0. The molecule has 1 unspecified atom stereocenters. The summed E-state index contributed by atoms with van der Waals surface area (Å²) in [5.41, 5.74) is 8.42. The van der Waals surface area contributed by atoms with Crippen molar-refractivity contribution < 1.29 is 19.1 Å². The summed E-state index contributed by atoms with van der Waals surface area (Å²) < 4.78 is 10.4. The van der Waals surface area contributed by atoms with Gasteiger partial charge in [0.25, 0.3) is 0 Å². The van der Waals surface area contributed by atoms with Gasteiger partial charge in [-0.3, -0.25) is 4.79 Å². The third-order valence-electron chi connectivity index (χ3n) is 5.37. The number of hydrogen-bond donors (Lipinski definition) is 2. The monoisotopic (exact) mass is 410 g/mol. The van der Waals surface area contributed by atoms with Crippen molar-refractivity contribution in [3.8, 4) is 5.75 Å². The van der Waals surface area contributed by atoms with Gasteiger partial charge in [-0.05, 0) is 60.6 Å². The van der Waals surface area contributed by atoms with Crippen molar-refractivity contribution in [2.24, 2.45) is 11.7 Å². The van der Waals surface area contributed by atoms with Crippen LogP contribution in [0.25, 0.3) is 0 Å². The van der Waals surface area contributed by atoms with Crippen LogP contribution in [0.2, 0.25) is 0 Å². The van der Waals surface area contributed by atoms with Crippen LogP contribution >= 0.6 is 0 Å². The van der Waals surface area contributed by atoms with Gasteiger partial charge in [0, 0.05) is 0 Å². The van der Waals surface area contributed by atoms with Crippen LogP contribution in [0.5, 0.6) is 5.75 Å². The third kappa shape index (κ3) is 5.60. The first-order valence-corrected chi connectivity index (χ1v) is 10.5. The molecular formula is C24H30N2O4. The molecule has 0 aromatic heterocycles. The Morgan fingerprint density at radius 2 is 1.70 bits per heavy atom. The van der Waals surface area contributed by atoms with Crippen LogP contribution in [0.15, 0.2) is 48.5 Å². The summed E-state index contributed by atoms with van der Waals surface area (Å²) in [5.74, 6) is 0.571. The maximum atomic E-state index is 12.8. The molecular weight excluding hydrogens is 380 g/mol. The molecule has 0 radical (unpaired) electrons. The van der Waals surface area contributed by atoms with Gasteiger partial charge in [-0.15, -0.1) is 0 Å². The van der Waals surface area contributed by atoms with E-state index in [4.69, 9.17) is 15.2 Å². The standard InChI is InChI=1S/C24H30N2O4/c1-3-4-15-30-20-13-11-16(12-14-20)21(25)23(27)26-22(17-5-6-17)18-7-9-19(10-8-18)24(28)29-2/h7-14,17,21-22H,3-6,15,25H2,1-2H3,(H,26,27)/t21?,22-/m1/s1. The lowest BCUT2D eigenvalue weighted by Crippen LogP contribution is -2.37. The minimum absolute atomic E-state index is 0.119. The lowest BCUT2D eigenvalue weighted by Gasteiger charge is -2.22. The van der Waals surface area contributed by atoms with Gasteiger partial charge in [0.1, 0.15) is 11.8 Å². The molecule has 2 aromatic rings. The quantitative estimate of drug-likeness (QED) is 0.458. The van der Waals surface area contributed by atoms with Crippen molar-refractivity contribution in [3.63, 3.8) is 0 Å². The van der Waals surface area contributed by atoms with Crippen LogP contribution in [0, 0.1) is 5.92 Å². The van der Waals surface area contributed by atoms with Gasteiger partial charge in [0.05, 0.1) is 25.3 Å². The van der Waals surface area contributed by atoms with Gasteiger partial charge in [-0.25, -0.2) is 4.79 Å². The van der Waals surface area contributed by atoms with E-state index in [2.05, 4.69) is 12.2 Å². The van der Waals surface area contributed by atoms with E-state index >= 15 is 0 Å². The van der Waals surface area contributed by atoms with Crippen LogP contribution in [0.4, 0.5) is 0 Å². The smallest absolute Gasteiger partial charge is 0.337 e. The summed E-state index contributed by atoms with van der Waals surface area (Å²) in [6, 6.07) is 13.7. The number of methoxy groups -OCH3 is 1. The Labute approximate surface area is 177 Å². The van der Waals surface area contributed by atoms with Gasteiger partial charge >= 0.3 is 5.97 Å². The normalized spacial score (nSPS) is 15.2. The lowest BCUT2D eigenvalue weighted by molar-refractivity contribution is -0.123. The van der Waals surface area contributed by atoms with Crippen LogP contribution in [-0.4, -0.2) is 25.6 Å². The van der Waals surface area contributed by atoms with Gasteiger partial charge in [-0.2, -0.15) is 0 Å². The fourth-order valence-corrected chi connectivity index (χ4v) is 3.35. The first-order valence-electron chi connectivity index (χ1n) is 10.5. The van der Waals surface area contributed by atoms with E-state index in [-0.39, 0.29) is 17.9 Å². The zero-order valence-corrected chi connectivity index (χ0v) is 17.6. The van der Waals surface area contributed by atoms with Crippen molar-refractivity contribution in [1.29, 1.82) is 0 Å². The average Bonchev–Trinajstić information content (AvgIpc) is 3.62. The van der Waals surface area contributed by atoms with Crippen molar-refractivity contribution in [2.45, 2.75) is 44.7 Å². The Hall–Kier alpha value is -2.86. The number of benzene rings is 2. The summed E-state index contributed by atoms with van der Waals surface area (Å²) in [6.07, 6.45) is 4.20. The van der Waals surface area contributed by atoms with Crippen molar-refractivity contribution in [1.82, 2.24) is 5.32 Å². The van der Waals surface area contributed by atoms with E-state index in [0.717, 1.165) is 42.6 Å². The molecule has 0 aliphatic heterocycles. The Bertz CT molecular complexity index is 845.